The summed E-state index contributed by atoms with van der Waals surface area (Å²) in [5.41, 5.74) is 5.31. The Hall–Kier alpha value is -4.20. The molecule has 1 aliphatic heterocycles. The summed E-state index contributed by atoms with van der Waals surface area (Å²) in [6.45, 7) is 5.93. The topological polar surface area (TPSA) is 71.8 Å². The second kappa shape index (κ2) is 12.8. The molecule has 6 rings (SSSR count). The molecule has 1 N–H and O–H groups in total. The number of likely N-dealkylation sites (tertiary alicyclic amines) is 1. The average Bonchev–Trinajstić information content (AvgIpc) is 3.67. The lowest BCUT2D eigenvalue weighted by atomic mass is 10.0. The first-order valence-electron chi connectivity index (χ1n) is 14.5. The van der Waals surface area contributed by atoms with E-state index in [1.54, 1.807) is 6.07 Å². The predicted octanol–water partition coefficient (Wildman–Crippen LogP) is 6.86. The molecule has 0 spiro atoms. The highest BCUT2D eigenvalue weighted by atomic mass is 35.5. The van der Waals surface area contributed by atoms with E-state index in [2.05, 4.69) is 22.3 Å². The number of pyridine rings is 1. The number of fused-ring (bicyclic) bond motifs is 1. The number of anilines is 1. The van der Waals surface area contributed by atoms with Crippen LogP contribution in [0.25, 0.3) is 16.9 Å². The van der Waals surface area contributed by atoms with Crippen molar-refractivity contribution in [1.82, 2.24) is 19.5 Å². The van der Waals surface area contributed by atoms with Crippen molar-refractivity contribution < 1.29 is 9.53 Å². The van der Waals surface area contributed by atoms with Gasteiger partial charge in [-0.05, 0) is 92.5 Å². The maximum Gasteiger partial charge on any atom is 0.231 e. The van der Waals surface area contributed by atoms with Crippen LogP contribution in [0.2, 0.25) is 5.02 Å². The molecule has 5 aromatic rings. The zero-order valence-electron chi connectivity index (χ0n) is 23.7. The van der Waals surface area contributed by atoms with E-state index in [1.807, 2.05) is 84.2 Å². The second-order valence-corrected chi connectivity index (χ2v) is 11.2. The number of benzene rings is 3. The van der Waals surface area contributed by atoms with Gasteiger partial charge in [0, 0.05) is 29.2 Å². The number of halogens is 1. The number of aromatic nitrogens is 3. The van der Waals surface area contributed by atoms with Gasteiger partial charge in [0.25, 0.3) is 0 Å². The number of nitrogens with zero attached hydrogens (tertiary/aromatic N) is 4. The number of hydrogen-bond donors (Lipinski definition) is 1. The summed E-state index contributed by atoms with van der Waals surface area (Å²) in [4.78, 5) is 20.2. The largest absolute Gasteiger partial charge is 0.492 e. The van der Waals surface area contributed by atoms with Gasteiger partial charge in [-0.25, -0.2) is 9.50 Å². The van der Waals surface area contributed by atoms with E-state index in [9.17, 15) is 4.79 Å². The third kappa shape index (κ3) is 6.64. The minimum atomic E-state index is -0.343. The first-order chi connectivity index (χ1) is 20.5. The molecule has 0 saturated carbocycles. The Bertz CT molecular complexity index is 1680. The van der Waals surface area contributed by atoms with E-state index in [4.69, 9.17) is 26.4 Å². The van der Waals surface area contributed by atoms with Gasteiger partial charge in [0.15, 0.2) is 11.5 Å². The molecule has 1 saturated heterocycles. The summed E-state index contributed by atoms with van der Waals surface area (Å²) >= 11 is 6.13. The van der Waals surface area contributed by atoms with Gasteiger partial charge in [-0.3, -0.25) is 9.69 Å². The summed E-state index contributed by atoms with van der Waals surface area (Å²) in [5, 5.41) is 8.50. The Morgan fingerprint density at radius 1 is 0.976 bits per heavy atom. The summed E-state index contributed by atoms with van der Waals surface area (Å²) in [6, 6.07) is 29.3. The van der Waals surface area contributed by atoms with Crippen molar-refractivity contribution in [1.29, 1.82) is 0 Å². The third-order valence-corrected chi connectivity index (χ3v) is 7.97. The molecule has 1 aliphatic rings. The molecule has 0 radical (unpaired) electrons. The number of ether oxygens (including phenoxy) is 1. The van der Waals surface area contributed by atoms with Crippen molar-refractivity contribution >= 4 is 28.8 Å². The number of carbonyl (C=O) groups excluding carboxylic acids is 1. The van der Waals surface area contributed by atoms with Crippen LogP contribution in [0.5, 0.6) is 5.75 Å². The van der Waals surface area contributed by atoms with Crippen LogP contribution >= 0.6 is 11.6 Å². The second-order valence-electron chi connectivity index (χ2n) is 10.8. The van der Waals surface area contributed by atoms with Crippen LogP contribution in [0.1, 0.15) is 42.6 Å². The molecule has 0 bridgehead atoms. The van der Waals surface area contributed by atoms with Crippen LogP contribution in [0.4, 0.5) is 5.69 Å². The van der Waals surface area contributed by atoms with Gasteiger partial charge in [-0.15, -0.1) is 0 Å². The lowest BCUT2D eigenvalue weighted by molar-refractivity contribution is -0.117. The quantitative estimate of drug-likeness (QED) is 0.196. The van der Waals surface area contributed by atoms with E-state index in [-0.39, 0.29) is 11.8 Å². The number of amides is 1. The molecule has 1 atom stereocenters. The Kier molecular flexibility index (Phi) is 8.49. The van der Waals surface area contributed by atoms with Crippen LogP contribution in [0.15, 0.2) is 91.0 Å². The van der Waals surface area contributed by atoms with Crippen molar-refractivity contribution in [3.63, 3.8) is 0 Å². The highest BCUT2D eigenvalue weighted by Gasteiger charge is 2.17. The molecule has 0 aliphatic carbocycles. The summed E-state index contributed by atoms with van der Waals surface area (Å²) in [6.07, 6.45) is 3.21. The van der Waals surface area contributed by atoms with Gasteiger partial charge in [0.2, 0.25) is 5.91 Å². The number of hydrogen-bond acceptors (Lipinski definition) is 5. The lowest BCUT2D eigenvalue weighted by Gasteiger charge is -2.14. The van der Waals surface area contributed by atoms with Gasteiger partial charge < -0.3 is 10.1 Å². The van der Waals surface area contributed by atoms with E-state index >= 15 is 0 Å². The molecule has 1 fully saturated rings. The summed E-state index contributed by atoms with van der Waals surface area (Å²) in [5.74, 6) is 1.19. The molecule has 3 heterocycles. The van der Waals surface area contributed by atoms with E-state index in [1.165, 1.54) is 25.9 Å². The van der Waals surface area contributed by atoms with Crippen LogP contribution in [-0.4, -0.2) is 51.6 Å². The normalized spacial score (nSPS) is 14.2. The monoisotopic (exact) mass is 579 g/mol. The fourth-order valence-electron chi connectivity index (χ4n) is 5.36. The van der Waals surface area contributed by atoms with Crippen LogP contribution in [0, 0.1) is 0 Å². The van der Waals surface area contributed by atoms with E-state index in [0.717, 1.165) is 46.2 Å². The first kappa shape index (κ1) is 27.9. The fourth-order valence-corrected chi connectivity index (χ4v) is 5.56. The average molecular weight is 580 g/mol. The third-order valence-electron chi connectivity index (χ3n) is 7.73. The van der Waals surface area contributed by atoms with E-state index in [0.29, 0.717) is 23.7 Å². The Morgan fingerprint density at radius 2 is 1.76 bits per heavy atom. The lowest BCUT2D eigenvalue weighted by Crippen LogP contribution is -2.25. The van der Waals surface area contributed by atoms with Crippen molar-refractivity contribution in [2.24, 2.45) is 0 Å². The molecule has 1 amide bonds. The number of nitrogens with one attached hydrogen (secondary N) is 1. The fraction of sp³-hybridized carbons (Fsp3) is 0.265. The maximum absolute atomic E-state index is 13.0. The van der Waals surface area contributed by atoms with Crippen molar-refractivity contribution in [3.05, 3.63) is 113 Å². The Labute approximate surface area is 251 Å². The van der Waals surface area contributed by atoms with Gasteiger partial charge in [-0.2, -0.15) is 5.10 Å². The Balaban J connectivity index is 1.13. The maximum atomic E-state index is 13.0. The van der Waals surface area contributed by atoms with Gasteiger partial charge >= 0.3 is 0 Å². The van der Waals surface area contributed by atoms with Crippen molar-refractivity contribution in [2.45, 2.75) is 32.1 Å². The molecule has 1 unspecified atom stereocenters. The van der Waals surface area contributed by atoms with Crippen molar-refractivity contribution in [3.8, 4) is 17.0 Å². The number of carbonyl (C=O) groups is 1. The number of rotatable bonds is 10. The SMILES string of the molecule is CC(C(=O)Nc1cccc(-c2cccc3nc(Cc4ccc(OCCN5CCCC5)cc4)nn23)c1)c1cccc(Cl)c1. The molecule has 3 aromatic carbocycles. The van der Waals surface area contributed by atoms with Crippen LogP contribution < -0.4 is 10.1 Å². The molecule has 7 nitrogen and oxygen atoms in total. The molecular weight excluding hydrogens is 546 g/mol. The minimum Gasteiger partial charge on any atom is -0.492 e. The molecule has 214 valence electrons. The van der Waals surface area contributed by atoms with Gasteiger partial charge in [0.05, 0.1) is 11.6 Å². The van der Waals surface area contributed by atoms with Crippen LogP contribution in [-0.2, 0) is 11.2 Å². The molecular formula is C34H34ClN5O2. The van der Waals surface area contributed by atoms with Crippen molar-refractivity contribution in [2.75, 3.05) is 31.6 Å². The highest BCUT2D eigenvalue weighted by molar-refractivity contribution is 6.30. The van der Waals surface area contributed by atoms with Crippen LogP contribution in [0.3, 0.4) is 0 Å². The molecule has 8 heteroatoms. The highest BCUT2D eigenvalue weighted by Crippen LogP contribution is 2.26. The zero-order valence-corrected chi connectivity index (χ0v) is 24.4. The smallest absolute Gasteiger partial charge is 0.231 e. The summed E-state index contributed by atoms with van der Waals surface area (Å²) < 4.78 is 7.81. The van der Waals surface area contributed by atoms with E-state index < -0.39 is 0 Å². The Morgan fingerprint density at radius 3 is 2.57 bits per heavy atom. The molecule has 42 heavy (non-hydrogen) atoms. The first-order valence-corrected chi connectivity index (χ1v) is 14.9. The van der Waals surface area contributed by atoms with Gasteiger partial charge in [0.1, 0.15) is 12.4 Å². The standard InChI is InChI=1S/C34H34ClN5O2/c1-24(26-7-4-9-28(35)22-26)34(41)36-29-10-5-8-27(23-29)31-11-6-12-33-37-32(38-40(31)33)21-25-13-15-30(16-14-25)42-20-19-39-17-2-3-18-39/h4-16,22-24H,2-3,17-21H2,1H3,(H,36,41). The molecule has 2 aromatic heterocycles. The summed E-state index contributed by atoms with van der Waals surface area (Å²) in [7, 11) is 0. The zero-order chi connectivity index (χ0) is 28.9. The predicted molar refractivity (Wildman–Crippen MR) is 167 cm³/mol. The van der Waals surface area contributed by atoms with Gasteiger partial charge in [-0.1, -0.05) is 54.1 Å². The minimum absolute atomic E-state index is 0.0984.